The standard InChI is InChI=1S/C14H21FN2/c1-2-7-17(14-5-6-14)10-11-3-4-13(15)8-12(11)9-16/h3-4,8,14H,2,5-7,9-10,16H2,1H3. The molecular weight excluding hydrogens is 215 g/mol. The molecule has 1 aromatic carbocycles. The van der Waals surface area contributed by atoms with Crippen molar-refractivity contribution in [3.8, 4) is 0 Å². The summed E-state index contributed by atoms with van der Waals surface area (Å²) in [7, 11) is 0. The van der Waals surface area contributed by atoms with Gasteiger partial charge in [0.1, 0.15) is 5.82 Å². The predicted molar refractivity (Wildman–Crippen MR) is 68.0 cm³/mol. The van der Waals surface area contributed by atoms with Crippen molar-refractivity contribution in [3.05, 3.63) is 35.1 Å². The van der Waals surface area contributed by atoms with Gasteiger partial charge in [-0.1, -0.05) is 13.0 Å². The van der Waals surface area contributed by atoms with Crippen molar-refractivity contribution >= 4 is 0 Å². The summed E-state index contributed by atoms with van der Waals surface area (Å²) in [6.07, 6.45) is 3.77. The van der Waals surface area contributed by atoms with Gasteiger partial charge in [-0.3, -0.25) is 4.90 Å². The fraction of sp³-hybridized carbons (Fsp3) is 0.571. The molecular formula is C14H21FN2. The minimum Gasteiger partial charge on any atom is -0.326 e. The van der Waals surface area contributed by atoms with Crippen LogP contribution in [0.15, 0.2) is 18.2 Å². The first-order valence-corrected chi connectivity index (χ1v) is 6.46. The molecule has 1 aromatic rings. The second kappa shape index (κ2) is 5.61. The van der Waals surface area contributed by atoms with Crippen LogP contribution in [0.4, 0.5) is 4.39 Å². The number of benzene rings is 1. The van der Waals surface area contributed by atoms with Crippen LogP contribution in [-0.2, 0) is 13.1 Å². The van der Waals surface area contributed by atoms with E-state index in [1.165, 1.54) is 24.5 Å². The molecule has 0 saturated heterocycles. The lowest BCUT2D eigenvalue weighted by Crippen LogP contribution is -2.27. The van der Waals surface area contributed by atoms with E-state index in [9.17, 15) is 4.39 Å². The van der Waals surface area contributed by atoms with Crippen molar-refractivity contribution in [1.82, 2.24) is 4.90 Å². The minimum absolute atomic E-state index is 0.192. The normalized spacial score (nSPS) is 15.5. The summed E-state index contributed by atoms with van der Waals surface area (Å²) in [6, 6.07) is 5.71. The van der Waals surface area contributed by atoms with Crippen LogP contribution >= 0.6 is 0 Å². The van der Waals surface area contributed by atoms with E-state index in [1.807, 2.05) is 6.07 Å². The highest BCUT2D eigenvalue weighted by atomic mass is 19.1. The summed E-state index contributed by atoms with van der Waals surface area (Å²) in [5, 5.41) is 0. The Kier molecular flexibility index (Phi) is 4.13. The van der Waals surface area contributed by atoms with E-state index in [1.54, 1.807) is 6.07 Å². The molecule has 94 valence electrons. The van der Waals surface area contributed by atoms with Crippen LogP contribution in [-0.4, -0.2) is 17.5 Å². The number of hydrogen-bond donors (Lipinski definition) is 1. The maximum atomic E-state index is 13.1. The fourth-order valence-corrected chi connectivity index (χ4v) is 2.28. The quantitative estimate of drug-likeness (QED) is 0.822. The number of hydrogen-bond acceptors (Lipinski definition) is 2. The van der Waals surface area contributed by atoms with Gasteiger partial charge in [-0.15, -0.1) is 0 Å². The van der Waals surface area contributed by atoms with Gasteiger partial charge in [0.15, 0.2) is 0 Å². The monoisotopic (exact) mass is 236 g/mol. The van der Waals surface area contributed by atoms with Gasteiger partial charge >= 0.3 is 0 Å². The first kappa shape index (κ1) is 12.5. The predicted octanol–water partition coefficient (Wildman–Crippen LogP) is 2.66. The van der Waals surface area contributed by atoms with Gasteiger partial charge in [-0.2, -0.15) is 0 Å². The summed E-state index contributed by atoms with van der Waals surface area (Å²) in [5.41, 5.74) is 7.79. The highest BCUT2D eigenvalue weighted by molar-refractivity contribution is 5.28. The van der Waals surface area contributed by atoms with Crippen molar-refractivity contribution in [2.24, 2.45) is 5.73 Å². The van der Waals surface area contributed by atoms with E-state index >= 15 is 0 Å². The molecule has 0 aliphatic heterocycles. The van der Waals surface area contributed by atoms with E-state index in [-0.39, 0.29) is 5.82 Å². The molecule has 0 spiro atoms. The molecule has 2 rings (SSSR count). The van der Waals surface area contributed by atoms with Gasteiger partial charge in [0.05, 0.1) is 0 Å². The molecule has 2 N–H and O–H groups in total. The largest absolute Gasteiger partial charge is 0.326 e. The summed E-state index contributed by atoms with van der Waals surface area (Å²) < 4.78 is 13.1. The minimum atomic E-state index is -0.192. The van der Waals surface area contributed by atoms with Gasteiger partial charge in [0, 0.05) is 19.1 Å². The van der Waals surface area contributed by atoms with Gasteiger partial charge in [-0.05, 0) is 49.1 Å². The molecule has 0 aromatic heterocycles. The zero-order chi connectivity index (χ0) is 12.3. The summed E-state index contributed by atoms with van der Waals surface area (Å²) in [4.78, 5) is 2.49. The summed E-state index contributed by atoms with van der Waals surface area (Å²) in [5.74, 6) is -0.192. The van der Waals surface area contributed by atoms with Crippen molar-refractivity contribution < 1.29 is 4.39 Å². The molecule has 1 saturated carbocycles. The Balaban J connectivity index is 2.10. The molecule has 3 heteroatoms. The third-order valence-corrected chi connectivity index (χ3v) is 3.34. The van der Waals surface area contributed by atoms with Crippen LogP contribution < -0.4 is 5.73 Å². The lowest BCUT2D eigenvalue weighted by Gasteiger charge is -2.22. The van der Waals surface area contributed by atoms with Gasteiger partial charge in [0.2, 0.25) is 0 Å². The van der Waals surface area contributed by atoms with Gasteiger partial charge in [-0.25, -0.2) is 4.39 Å². The summed E-state index contributed by atoms with van der Waals surface area (Å²) >= 11 is 0. The van der Waals surface area contributed by atoms with Gasteiger partial charge in [0.25, 0.3) is 0 Å². The molecule has 0 radical (unpaired) electrons. The van der Waals surface area contributed by atoms with Crippen LogP contribution in [0.3, 0.4) is 0 Å². The van der Waals surface area contributed by atoms with Crippen LogP contribution in [0.2, 0.25) is 0 Å². The molecule has 1 aliphatic carbocycles. The Bertz CT molecular complexity index is 374. The molecule has 1 aliphatic rings. The maximum absolute atomic E-state index is 13.1. The highest BCUT2D eigenvalue weighted by Gasteiger charge is 2.28. The van der Waals surface area contributed by atoms with Gasteiger partial charge < -0.3 is 5.73 Å². The molecule has 0 bridgehead atoms. The Morgan fingerprint density at radius 1 is 1.35 bits per heavy atom. The second-order valence-corrected chi connectivity index (χ2v) is 4.82. The second-order valence-electron chi connectivity index (χ2n) is 4.82. The van der Waals surface area contributed by atoms with E-state index in [2.05, 4.69) is 11.8 Å². The third-order valence-electron chi connectivity index (χ3n) is 3.34. The van der Waals surface area contributed by atoms with E-state index in [0.717, 1.165) is 31.1 Å². The Morgan fingerprint density at radius 3 is 2.71 bits per heavy atom. The number of nitrogens with zero attached hydrogens (tertiary/aromatic N) is 1. The Labute approximate surface area is 103 Å². The SMILES string of the molecule is CCCN(Cc1ccc(F)cc1CN)C1CC1. The molecule has 17 heavy (non-hydrogen) atoms. The zero-order valence-corrected chi connectivity index (χ0v) is 10.5. The van der Waals surface area contributed by atoms with E-state index in [4.69, 9.17) is 5.73 Å². The number of halogens is 1. The molecule has 1 fully saturated rings. The fourth-order valence-electron chi connectivity index (χ4n) is 2.28. The van der Waals surface area contributed by atoms with Crippen molar-refractivity contribution in [1.29, 1.82) is 0 Å². The van der Waals surface area contributed by atoms with Crippen molar-refractivity contribution in [2.75, 3.05) is 6.54 Å². The Morgan fingerprint density at radius 2 is 2.12 bits per heavy atom. The maximum Gasteiger partial charge on any atom is 0.123 e. The van der Waals surface area contributed by atoms with Crippen molar-refractivity contribution in [2.45, 2.75) is 45.3 Å². The first-order chi connectivity index (χ1) is 8.24. The topological polar surface area (TPSA) is 29.3 Å². The van der Waals surface area contributed by atoms with E-state index in [0.29, 0.717) is 6.54 Å². The highest BCUT2D eigenvalue weighted by Crippen LogP contribution is 2.29. The lowest BCUT2D eigenvalue weighted by molar-refractivity contribution is 0.254. The van der Waals surface area contributed by atoms with Crippen LogP contribution in [0.25, 0.3) is 0 Å². The van der Waals surface area contributed by atoms with Crippen molar-refractivity contribution in [3.63, 3.8) is 0 Å². The molecule has 2 nitrogen and oxygen atoms in total. The smallest absolute Gasteiger partial charge is 0.123 e. The van der Waals surface area contributed by atoms with Crippen LogP contribution in [0.1, 0.15) is 37.3 Å². The lowest BCUT2D eigenvalue weighted by atomic mass is 10.1. The Hall–Kier alpha value is -0.930. The van der Waals surface area contributed by atoms with E-state index < -0.39 is 0 Å². The summed E-state index contributed by atoms with van der Waals surface area (Å²) in [6.45, 7) is 4.64. The van der Waals surface area contributed by atoms with Crippen LogP contribution in [0.5, 0.6) is 0 Å². The average molecular weight is 236 g/mol. The first-order valence-electron chi connectivity index (χ1n) is 6.46. The molecule has 0 unspecified atom stereocenters. The zero-order valence-electron chi connectivity index (χ0n) is 10.5. The average Bonchev–Trinajstić information content (AvgIpc) is 3.14. The molecule has 0 heterocycles. The third kappa shape index (κ3) is 3.27. The van der Waals surface area contributed by atoms with Crippen LogP contribution in [0, 0.1) is 5.82 Å². The number of nitrogens with two attached hydrogens (primary N) is 1. The molecule has 0 amide bonds. The number of rotatable bonds is 6. The molecule has 0 atom stereocenters.